The Labute approximate surface area is 98.5 Å². The van der Waals surface area contributed by atoms with E-state index in [9.17, 15) is 0 Å². The van der Waals surface area contributed by atoms with Gasteiger partial charge in [-0.15, -0.1) is 0 Å². The van der Waals surface area contributed by atoms with Crippen LogP contribution >= 0.6 is 11.3 Å². The van der Waals surface area contributed by atoms with E-state index in [0.29, 0.717) is 13.2 Å². The summed E-state index contributed by atoms with van der Waals surface area (Å²) >= 11 is 1.66. The molecule has 2 aliphatic heterocycles. The van der Waals surface area contributed by atoms with Gasteiger partial charge in [0.15, 0.2) is 0 Å². The van der Waals surface area contributed by atoms with Crippen molar-refractivity contribution in [1.29, 1.82) is 0 Å². The van der Waals surface area contributed by atoms with Crippen molar-refractivity contribution < 1.29 is 9.47 Å². The number of rotatable bonds is 0. The Hall–Kier alpha value is -0.860. The summed E-state index contributed by atoms with van der Waals surface area (Å²) < 4.78 is 11.2. The van der Waals surface area contributed by atoms with Crippen LogP contribution in [-0.4, -0.2) is 31.5 Å². The van der Waals surface area contributed by atoms with Gasteiger partial charge in [-0.3, -0.25) is 0 Å². The zero-order chi connectivity index (χ0) is 11.0. The number of hydrogen-bond donors (Lipinski definition) is 1. The summed E-state index contributed by atoms with van der Waals surface area (Å²) in [6.07, 6.45) is 0.114. The summed E-state index contributed by atoms with van der Waals surface area (Å²) in [6, 6.07) is 2.03. The second kappa shape index (κ2) is 4.19. The van der Waals surface area contributed by atoms with Gasteiger partial charge in [-0.05, 0) is 11.4 Å². The summed E-state index contributed by atoms with van der Waals surface area (Å²) in [6.45, 7) is 1.23. The number of hydrogen-bond acceptors (Lipinski definition) is 4. The zero-order valence-corrected chi connectivity index (χ0v) is 9.57. The van der Waals surface area contributed by atoms with E-state index >= 15 is 0 Å². The molecule has 16 heavy (non-hydrogen) atoms. The van der Waals surface area contributed by atoms with Crippen molar-refractivity contribution in [2.45, 2.75) is 18.2 Å². The molecule has 4 atom stereocenters. The highest BCUT2D eigenvalue weighted by Crippen LogP contribution is 2.29. The van der Waals surface area contributed by atoms with Crippen molar-refractivity contribution in [3.63, 3.8) is 0 Å². The van der Waals surface area contributed by atoms with E-state index in [2.05, 4.69) is 11.8 Å². The fourth-order valence-corrected chi connectivity index (χ4v) is 2.75. The monoisotopic (exact) mass is 235 g/mol. The SMILES string of the molecule is N[C@H]1CO[C@H]2[C@@H]1OC[C@@H]2C#Cc1ccsc1. The molecule has 0 amide bonds. The Morgan fingerprint density at radius 3 is 3.00 bits per heavy atom. The molecule has 0 saturated carbocycles. The minimum absolute atomic E-state index is 0.0120. The van der Waals surface area contributed by atoms with Crippen LogP contribution in [-0.2, 0) is 9.47 Å². The molecule has 0 aromatic carbocycles. The van der Waals surface area contributed by atoms with Gasteiger partial charge < -0.3 is 15.2 Å². The van der Waals surface area contributed by atoms with Gasteiger partial charge in [0.25, 0.3) is 0 Å². The normalized spacial score (nSPS) is 36.8. The first kappa shape index (κ1) is 10.3. The van der Waals surface area contributed by atoms with Gasteiger partial charge in [0, 0.05) is 10.9 Å². The van der Waals surface area contributed by atoms with Gasteiger partial charge >= 0.3 is 0 Å². The van der Waals surface area contributed by atoms with Crippen molar-refractivity contribution in [3.05, 3.63) is 22.4 Å². The first-order chi connectivity index (χ1) is 7.84. The van der Waals surface area contributed by atoms with Crippen molar-refractivity contribution >= 4 is 11.3 Å². The van der Waals surface area contributed by atoms with E-state index < -0.39 is 0 Å². The topological polar surface area (TPSA) is 44.5 Å². The highest BCUT2D eigenvalue weighted by molar-refractivity contribution is 7.08. The maximum Gasteiger partial charge on any atom is 0.102 e. The molecule has 0 spiro atoms. The predicted molar refractivity (Wildman–Crippen MR) is 62.1 cm³/mol. The Bertz CT molecular complexity index is 420. The number of nitrogens with two attached hydrogens (primary N) is 1. The highest BCUT2D eigenvalue weighted by Gasteiger charge is 2.45. The highest BCUT2D eigenvalue weighted by atomic mass is 32.1. The van der Waals surface area contributed by atoms with Crippen LogP contribution in [0.15, 0.2) is 16.8 Å². The van der Waals surface area contributed by atoms with Crippen LogP contribution in [0.5, 0.6) is 0 Å². The molecule has 1 aromatic heterocycles. The quantitative estimate of drug-likeness (QED) is 0.678. The van der Waals surface area contributed by atoms with Gasteiger partial charge in [0.05, 0.1) is 25.2 Å². The largest absolute Gasteiger partial charge is 0.372 e. The van der Waals surface area contributed by atoms with Crippen LogP contribution in [0.2, 0.25) is 0 Å². The smallest absolute Gasteiger partial charge is 0.102 e. The standard InChI is InChI=1S/C12H13NO2S/c13-10-6-15-11-9(5-14-12(10)11)2-1-8-3-4-16-7-8/h3-4,7,9-12H,5-6,13H2/t9-,10-,11+,12+/m0/s1. The number of fused-ring (bicyclic) bond motifs is 1. The molecule has 3 heterocycles. The van der Waals surface area contributed by atoms with E-state index in [1.54, 1.807) is 11.3 Å². The summed E-state index contributed by atoms with van der Waals surface area (Å²) in [4.78, 5) is 0. The molecule has 4 heteroatoms. The predicted octanol–water partition coefficient (Wildman–Crippen LogP) is 0.841. The van der Waals surface area contributed by atoms with Crippen LogP contribution in [0.3, 0.4) is 0 Å². The average Bonchev–Trinajstić information content (AvgIpc) is 2.96. The molecular weight excluding hydrogens is 222 g/mol. The van der Waals surface area contributed by atoms with Gasteiger partial charge in [-0.1, -0.05) is 11.8 Å². The molecule has 3 rings (SSSR count). The van der Waals surface area contributed by atoms with Crippen LogP contribution in [0.4, 0.5) is 0 Å². The fourth-order valence-electron chi connectivity index (χ4n) is 2.16. The summed E-state index contributed by atoms with van der Waals surface area (Å²) in [5.41, 5.74) is 6.94. The van der Waals surface area contributed by atoms with Crippen molar-refractivity contribution in [1.82, 2.24) is 0 Å². The summed E-state index contributed by atoms with van der Waals surface area (Å²) in [7, 11) is 0. The van der Waals surface area contributed by atoms with Crippen molar-refractivity contribution in [3.8, 4) is 11.8 Å². The lowest BCUT2D eigenvalue weighted by atomic mass is 10.0. The number of ether oxygens (including phenoxy) is 2. The van der Waals surface area contributed by atoms with E-state index in [1.807, 2.05) is 16.8 Å². The molecule has 0 radical (unpaired) electrons. The second-order valence-corrected chi connectivity index (χ2v) is 4.93. The molecule has 2 saturated heterocycles. The van der Waals surface area contributed by atoms with Crippen molar-refractivity contribution in [2.24, 2.45) is 11.7 Å². The minimum Gasteiger partial charge on any atom is -0.372 e. The zero-order valence-electron chi connectivity index (χ0n) is 8.76. The van der Waals surface area contributed by atoms with Crippen LogP contribution in [0, 0.1) is 17.8 Å². The number of thiophene rings is 1. The minimum atomic E-state index is 0.0120. The lowest BCUT2D eigenvalue weighted by molar-refractivity contribution is 0.0677. The summed E-state index contributed by atoms with van der Waals surface area (Å²) in [5.74, 6) is 6.55. The molecule has 2 N–H and O–H groups in total. The van der Waals surface area contributed by atoms with Crippen molar-refractivity contribution in [2.75, 3.05) is 13.2 Å². The lowest BCUT2D eigenvalue weighted by Crippen LogP contribution is -2.35. The molecule has 1 aromatic rings. The third kappa shape index (κ3) is 1.76. The Balaban J connectivity index is 1.73. The Kier molecular flexibility index (Phi) is 2.70. The molecule has 0 bridgehead atoms. The average molecular weight is 235 g/mol. The first-order valence-electron chi connectivity index (χ1n) is 5.37. The van der Waals surface area contributed by atoms with Gasteiger partial charge in [0.2, 0.25) is 0 Å². The lowest BCUT2D eigenvalue weighted by Gasteiger charge is -2.10. The van der Waals surface area contributed by atoms with E-state index in [0.717, 1.165) is 5.56 Å². The second-order valence-electron chi connectivity index (χ2n) is 4.15. The first-order valence-corrected chi connectivity index (χ1v) is 6.31. The molecule has 0 aliphatic carbocycles. The third-order valence-corrected chi connectivity index (χ3v) is 3.70. The van der Waals surface area contributed by atoms with E-state index in [4.69, 9.17) is 15.2 Å². The van der Waals surface area contributed by atoms with Gasteiger partial charge in [-0.25, -0.2) is 0 Å². The molecule has 3 nitrogen and oxygen atoms in total. The summed E-state index contributed by atoms with van der Waals surface area (Å²) in [5, 5.41) is 4.07. The molecular formula is C12H13NO2S. The molecule has 2 aliphatic rings. The molecule has 2 fully saturated rings. The van der Waals surface area contributed by atoms with E-state index in [1.165, 1.54) is 0 Å². The maximum absolute atomic E-state index is 5.88. The Morgan fingerprint density at radius 2 is 2.19 bits per heavy atom. The van der Waals surface area contributed by atoms with Crippen LogP contribution in [0.25, 0.3) is 0 Å². The van der Waals surface area contributed by atoms with Gasteiger partial charge in [-0.2, -0.15) is 11.3 Å². The maximum atomic E-state index is 5.88. The van der Waals surface area contributed by atoms with Gasteiger partial charge in [0.1, 0.15) is 12.2 Å². The fraction of sp³-hybridized carbons (Fsp3) is 0.500. The molecule has 84 valence electrons. The molecule has 0 unspecified atom stereocenters. The Morgan fingerprint density at radius 1 is 1.31 bits per heavy atom. The third-order valence-electron chi connectivity index (χ3n) is 3.01. The van der Waals surface area contributed by atoms with Crippen LogP contribution in [0.1, 0.15) is 5.56 Å². The van der Waals surface area contributed by atoms with E-state index in [-0.39, 0.29) is 24.2 Å². The van der Waals surface area contributed by atoms with Crippen LogP contribution < -0.4 is 5.73 Å².